The van der Waals surface area contributed by atoms with Gasteiger partial charge >= 0.3 is 11.9 Å². The van der Waals surface area contributed by atoms with Gasteiger partial charge in [0.25, 0.3) is 7.82 Å². The maximum Gasteiger partial charge on any atom is 0.306 e. The number of carbonyl (C=O) groups is 2. The number of hydrogen-bond donors (Lipinski definition) is 0. The first kappa shape index (κ1) is 67.0. The van der Waals surface area contributed by atoms with Crippen LogP contribution in [-0.2, 0) is 32.7 Å². The number of carbonyl (C=O) groups excluding carboxylic acids is 2. The second-order valence-corrected chi connectivity index (χ2v) is 22.0. The lowest BCUT2D eigenvalue weighted by molar-refractivity contribution is -0.870. The lowest BCUT2D eigenvalue weighted by Gasteiger charge is -2.28. The Balaban J connectivity index is 4.16. The van der Waals surface area contributed by atoms with Crippen molar-refractivity contribution in [3.63, 3.8) is 0 Å². The number of ether oxygens (including phenoxy) is 2. The molecule has 0 radical (unpaired) electrons. The first-order valence-corrected chi connectivity index (χ1v) is 30.3. The number of likely N-dealkylation sites (N-methyl/N-ethyl adjacent to an activating group) is 1. The van der Waals surface area contributed by atoms with Crippen molar-refractivity contribution in [2.45, 2.75) is 270 Å². The smallest absolute Gasteiger partial charge is 0.306 e. The highest BCUT2D eigenvalue weighted by Crippen LogP contribution is 2.38. The van der Waals surface area contributed by atoms with E-state index in [4.69, 9.17) is 18.5 Å². The normalized spacial score (nSPS) is 13.7. The van der Waals surface area contributed by atoms with Gasteiger partial charge in [0.05, 0.1) is 27.7 Å². The Morgan fingerprint density at radius 2 is 0.826 bits per heavy atom. The molecule has 0 amide bonds. The van der Waals surface area contributed by atoms with E-state index in [0.29, 0.717) is 17.4 Å². The van der Waals surface area contributed by atoms with E-state index in [1.54, 1.807) is 0 Å². The van der Waals surface area contributed by atoms with Crippen molar-refractivity contribution in [2.24, 2.45) is 0 Å². The van der Waals surface area contributed by atoms with Crippen molar-refractivity contribution in [2.75, 3.05) is 47.5 Å². The van der Waals surface area contributed by atoms with Crippen LogP contribution in [0, 0.1) is 0 Å². The molecule has 0 bridgehead atoms. The maximum absolute atomic E-state index is 12.8. The number of rotatable bonds is 53. The van der Waals surface area contributed by atoms with Crippen molar-refractivity contribution >= 4 is 19.8 Å². The first-order valence-electron chi connectivity index (χ1n) is 28.8. The number of hydrogen-bond acceptors (Lipinski definition) is 8. The van der Waals surface area contributed by atoms with Crippen LogP contribution >= 0.6 is 7.82 Å². The van der Waals surface area contributed by atoms with Crippen molar-refractivity contribution in [1.82, 2.24) is 0 Å². The van der Waals surface area contributed by atoms with E-state index in [0.717, 1.165) is 70.6 Å². The Bertz CT molecular complexity index is 1310. The number of phosphoric acid groups is 1. The summed E-state index contributed by atoms with van der Waals surface area (Å²) in [5, 5.41) is 0. The zero-order chi connectivity index (χ0) is 50.6. The van der Waals surface area contributed by atoms with Crippen LogP contribution in [-0.4, -0.2) is 70.0 Å². The zero-order valence-corrected chi connectivity index (χ0v) is 46.7. The summed E-state index contributed by atoms with van der Waals surface area (Å²) < 4.78 is 34.2. The third-order valence-corrected chi connectivity index (χ3v) is 13.6. The number of unbranched alkanes of at least 4 members (excludes halogenated alkanes) is 31. The Hall–Kier alpha value is -2.03. The van der Waals surface area contributed by atoms with Gasteiger partial charge in [-0.1, -0.05) is 249 Å². The molecule has 0 saturated carbocycles. The summed E-state index contributed by atoms with van der Waals surface area (Å²) in [5.74, 6) is -0.827. The summed E-state index contributed by atoms with van der Waals surface area (Å²) in [5.41, 5.74) is 0. The van der Waals surface area contributed by atoms with Crippen LogP contribution in [0.1, 0.15) is 264 Å². The summed E-state index contributed by atoms with van der Waals surface area (Å²) in [7, 11) is 1.17. The maximum atomic E-state index is 12.8. The van der Waals surface area contributed by atoms with Gasteiger partial charge in [-0.05, 0) is 51.4 Å². The van der Waals surface area contributed by atoms with Crippen molar-refractivity contribution in [3.05, 3.63) is 48.6 Å². The zero-order valence-electron chi connectivity index (χ0n) is 45.8. The highest BCUT2D eigenvalue weighted by atomic mass is 31.2. The number of allylic oxidation sites excluding steroid dienone is 8. The van der Waals surface area contributed by atoms with E-state index in [1.807, 2.05) is 21.1 Å². The molecular formula is C59H110NO8P. The van der Waals surface area contributed by atoms with Crippen LogP contribution in [0.5, 0.6) is 0 Å². The molecule has 0 saturated heterocycles. The Labute approximate surface area is 426 Å². The molecule has 0 aromatic heterocycles. The van der Waals surface area contributed by atoms with E-state index >= 15 is 0 Å². The van der Waals surface area contributed by atoms with E-state index in [2.05, 4.69) is 62.5 Å². The monoisotopic (exact) mass is 992 g/mol. The van der Waals surface area contributed by atoms with E-state index in [9.17, 15) is 19.0 Å². The standard InChI is InChI=1S/C59H110NO8P/c1-6-8-10-12-14-16-18-20-22-24-26-28-30-32-34-36-38-40-42-44-46-48-50-52-59(62)68-57(56-67-69(63,64)66-54-53-60(3,4)5)55-65-58(61)51-49-47-45-43-41-39-37-35-33-31-29-27-25-23-21-19-17-15-13-11-9-7-2/h8,10,14,16,20,22,26,28,57H,6-7,9,11-13,15,17-19,21,23-25,27,29-56H2,1-5H3/b10-8-,16-14-,22-20-,28-26-. The molecule has 9 nitrogen and oxygen atoms in total. The Morgan fingerprint density at radius 3 is 1.23 bits per heavy atom. The SMILES string of the molecule is CC/C=C\C/C=C\C/C=C\C/C=C\CCCCCCCCCCCCC(=O)OC(COC(=O)CCCCCCCCCCCCCCCCCCCCCCCC)COP(=O)([O-])OCC[N+](C)(C)C. The molecule has 404 valence electrons. The highest BCUT2D eigenvalue weighted by Gasteiger charge is 2.22. The lowest BCUT2D eigenvalue weighted by atomic mass is 10.0. The summed E-state index contributed by atoms with van der Waals surface area (Å²) in [4.78, 5) is 37.9. The Morgan fingerprint density at radius 1 is 0.464 bits per heavy atom. The third-order valence-electron chi connectivity index (χ3n) is 12.6. The molecule has 10 heteroatoms. The van der Waals surface area contributed by atoms with Gasteiger partial charge in [0.1, 0.15) is 19.8 Å². The number of nitrogens with zero attached hydrogens (tertiary/aromatic N) is 1. The van der Waals surface area contributed by atoms with Crippen molar-refractivity contribution in [1.29, 1.82) is 0 Å². The summed E-state index contributed by atoms with van der Waals surface area (Å²) in [6, 6.07) is 0. The fourth-order valence-corrected chi connectivity index (χ4v) is 8.91. The fraction of sp³-hybridized carbons (Fsp3) is 0.831. The Kier molecular flexibility index (Phi) is 49.4. The number of phosphoric ester groups is 1. The van der Waals surface area contributed by atoms with Crippen LogP contribution in [0.25, 0.3) is 0 Å². The molecule has 0 aliphatic rings. The lowest BCUT2D eigenvalue weighted by Crippen LogP contribution is -2.37. The molecule has 0 heterocycles. The second-order valence-electron chi connectivity index (χ2n) is 20.6. The summed E-state index contributed by atoms with van der Waals surface area (Å²) in [6.07, 6.45) is 62.9. The average molecular weight is 993 g/mol. The van der Waals surface area contributed by atoms with Gasteiger partial charge in [0.2, 0.25) is 0 Å². The minimum absolute atomic E-state index is 0.0312. The van der Waals surface area contributed by atoms with Crippen molar-refractivity contribution < 1.29 is 42.1 Å². The molecule has 0 aliphatic carbocycles. The quantitative estimate of drug-likeness (QED) is 0.0195. The highest BCUT2D eigenvalue weighted by molar-refractivity contribution is 7.45. The fourth-order valence-electron chi connectivity index (χ4n) is 8.18. The van der Waals surface area contributed by atoms with Gasteiger partial charge in [-0.15, -0.1) is 0 Å². The average Bonchev–Trinajstić information content (AvgIpc) is 3.31. The predicted octanol–water partition coefficient (Wildman–Crippen LogP) is 17.1. The molecular weight excluding hydrogens is 882 g/mol. The first-order chi connectivity index (χ1) is 33.5. The van der Waals surface area contributed by atoms with Crippen LogP contribution < -0.4 is 4.89 Å². The molecule has 0 N–H and O–H groups in total. The minimum Gasteiger partial charge on any atom is -0.756 e. The summed E-state index contributed by atoms with van der Waals surface area (Å²) >= 11 is 0. The minimum atomic E-state index is -4.64. The van der Waals surface area contributed by atoms with E-state index < -0.39 is 26.5 Å². The van der Waals surface area contributed by atoms with Crippen LogP contribution in [0.3, 0.4) is 0 Å². The number of esters is 2. The topological polar surface area (TPSA) is 111 Å². The van der Waals surface area contributed by atoms with Crippen LogP contribution in [0.15, 0.2) is 48.6 Å². The van der Waals surface area contributed by atoms with Crippen molar-refractivity contribution in [3.8, 4) is 0 Å². The third kappa shape index (κ3) is 55.1. The van der Waals surface area contributed by atoms with Gasteiger partial charge in [-0.25, -0.2) is 0 Å². The molecule has 2 atom stereocenters. The second kappa shape index (κ2) is 50.9. The van der Waals surface area contributed by atoms with Gasteiger partial charge in [-0.3, -0.25) is 14.2 Å². The molecule has 69 heavy (non-hydrogen) atoms. The molecule has 2 unspecified atom stereocenters. The molecule has 0 aliphatic heterocycles. The number of quaternary nitrogens is 1. The van der Waals surface area contributed by atoms with Gasteiger partial charge in [0, 0.05) is 12.8 Å². The largest absolute Gasteiger partial charge is 0.756 e. The molecule has 0 fully saturated rings. The molecule has 0 rings (SSSR count). The van der Waals surface area contributed by atoms with E-state index in [1.165, 1.54) is 161 Å². The van der Waals surface area contributed by atoms with Crippen LogP contribution in [0.4, 0.5) is 0 Å². The molecule has 0 aromatic rings. The predicted molar refractivity (Wildman–Crippen MR) is 291 cm³/mol. The van der Waals surface area contributed by atoms with Gasteiger partial charge < -0.3 is 27.9 Å². The molecule has 0 aromatic carbocycles. The van der Waals surface area contributed by atoms with Crippen LogP contribution in [0.2, 0.25) is 0 Å². The molecule has 0 spiro atoms. The summed E-state index contributed by atoms with van der Waals surface area (Å²) in [6.45, 7) is 4.16. The van der Waals surface area contributed by atoms with E-state index in [-0.39, 0.29) is 32.0 Å². The van der Waals surface area contributed by atoms with Gasteiger partial charge in [-0.2, -0.15) is 0 Å². The van der Waals surface area contributed by atoms with Gasteiger partial charge in [0.15, 0.2) is 6.10 Å².